The van der Waals surface area contributed by atoms with Gasteiger partial charge in [-0.1, -0.05) is 0 Å². The smallest absolute Gasteiger partial charge is 0.319 e. The molecule has 0 aromatic heterocycles. The number of carbonyl (C=O) groups excluding carboxylic acids is 1. The number of urea groups is 1. The van der Waals surface area contributed by atoms with Crippen molar-refractivity contribution in [3.63, 3.8) is 0 Å². The average molecular weight is 278 g/mol. The Kier molecular flexibility index (Phi) is 5.24. The van der Waals surface area contributed by atoms with Crippen LogP contribution in [0.1, 0.15) is 32.6 Å². The zero-order valence-corrected chi connectivity index (χ0v) is 11.8. The normalized spacial score (nSPS) is 16.7. The molecule has 5 heteroatoms. The standard InChI is InChI=1S/C15H22N2O3/c1-11(10-18)16-15(19)17-12-6-8-14(9-7-12)20-13-4-2-3-5-13/h6-9,11,13,18H,2-5,10H2,1H3,(H2,16,17,19). The largest absolute Gasteiger partial charge is 0.490 e. The van der Waals surface area contributed by atoms with Crippen LogP contribution in [0.5, 0.6) is 5.75 Å². The fourth-order valence-electron chi connectivity index (χ4n) is 2.25. The second kappa shape index (κ2) is 7.14. The van der Waals surface area contributed by atoms with Gasteiger partial charge in [0.2, 0.25) is 0 Å². The van der Waals surface area contributed by atoms with Gasteiger partial charge >= 0.3 is 6.03 Å². The first-order valence-corrected chi connectivity index (χ1v) is 7.12. The van der Waals surface area contributed by atoms with Gasteiger partial charge in [-0.2, -0.15) is 0 Å². The summed E-state index contributed by atoms with van der Waals surface area (Å²) in [5.74, 6) is 0.839. The van der Waals surface area contributed by atoms with Crippen molar-refractivity contribution in [3.05, 3.63) is 24.3 Å². The van der Waals surface area contributed by atoms with Gasteiger partial charge in [0.05, 0.1) is 18.8 Å². The number of hydrogen-bond acceptors (Lipinski definition) is 3. The van der Waals surface area contributed by atoms with Gasteiger partial charge in [0.15, 0.2) is 0 Å². The summed E-state index contributed by atoms with van der Waals surface area (Å²) in [6, 6.07) is 6.77. The van der Waals surface area contributed by atoms with E-state index in [9.17, 15) is 4.79 Å². The molecule has 1 aromatic rings. The first kappa shape index (κ1) is 14.7. The van der Waals surface area contributed by atoms with Gasteiger partial charge in [-0.15, -0.1) is 0 Å². The lowest BCUT2D eigenvalue weighted by Crippen LogP contribution is -2.38. The molecule has 1 fully saturated rings. The molecule has 0 saturated heterocycles. The van der Waals surface area contributed by atoms with Crippen LogP contribution in [0.4, 0.5) is 10.5 Å². The van der Waals surface area contributed by atoms with Crippen LogP contribution in [-0.4, -0.2) is 29.9 Å². The van der Waals surface area contributed by atoms with Crippen molar-refractivity contribution in [2.24, 2.45) is 0 Å². The van der Waals surface area contributed by atoms with E-state index in [-0.39, 0.29) is 18.7 Å². The van der Waals surface area contributed by atoms with Gasteiger partial charge in [-0.25, -0.2) is 4.79 Å². The topological polar surface area (TPSA) is 70.6 Å². The molecule has 3 N–H and O–H groups in total. The molecule has 1 aliphatic carbocycles. The number of nitrogens with one attached hydrogen (secondary N) is 2. The number of carbonyl (C=O) groups is 1. The van der Waals surface area contributed by atoms with Crippen LogP contribution in [-0.2, 0) is 0 Å². The van der Waals surface area contributed by atoms with E-state index >= 15 is 0 Å². The monoisotopic (exact) mass is 278 g/mol. The van der Waals surface area contributed by atoms with Crippen molar-refractivity contribution in [3.8, 4) is 5.75 Å². The van der Waals surface area contributed by atoms with Gasteiger partial charge < -0.3 is 20.5 Å². The van der Waals surface area contributed by atoms with Crippen LogP contribution in [0.25, 0.3) is 0 Å². The number of benzene rings is 1. The summed E-state index contributed by atoms with van der Waals surface area (Å²) in [6.45, 7) is 1.65. The van der Waals surface area contributed by atoms with Gasteiger partial charge in [0.1, 0.15) is 5.75 Å². The molecule has 0 radical (unpaired) electrons. The fraction of sp³-hybridized carbons (Fsp3) is 0.533. The Morgan fingerprint density at radius 2 is 2.00 bits per heavy atom. The molecule has 1 aromatic carbocycles. The Labute approximate surface area is 119 Å². The van der Waals surface area contributed by atoms with Crippen molar-refractivity contribution in [1.82, 2.24) is 5.32 Å². The molecule has 20 heavy (non-hydrogen) atoms. The number of amides is 2. The highest BCUT2D eigenvalue weighted by Gasteiger charge is 2.16. The molecule has 2 amide bonds. The van der Waals surface area contributed by atoms with Crippen LogP contribution in [0.15, 0.2) is 24.3 Å². The van der Waals surface area contributed by atoms with E-state index in [0.717, 1.165) is 18.6 Å². The summed E-state index contributed by atoms with van der Waals surface area (Å²) >= 11 is 0. The van der Waals surface area contributed by atoms with Crippen molar-refractivity contribution in [2.75, 3.05) is 11.9 Å². The highest BCUT2D eigenvalue weighted by molar-refractivity contribution is 5.89. The number of ether oxygens (including phenoxy) is 1. The third-order valence-corrected chi connectivity index (χ3v) is 3.37. The molecule has 0 heterocycles. The lowest BCUT2D eigenvalue weighted by molar-refractivity contribution is 0.210. The predicted molar refractivity (Wildman–Crippen MR) is 78.0 cm³/mol. The predicted octanol–water partition coefficient (Wildman–Crippen LogP) is 2.51. The minimum atomic E-state index is -0.323. The van der Waals surface area contributed by atoms with Crippen LogP contribution in [0.3, 0.4) is 0 Å². The van der Waals surface area contributed by atoms with Crippen LogP contribution >= 0.6 is 0 Å². The van der Waals surface area contributed by atoms with Gasteiger partial charge in [-0.05, 0) is 56.9 Å². The number of rotatable bonds is 5. The first-order valence-electron chi connectivity index (χ1n) is 7.12. The minimum absolute atomic E-state index is 0.0818. The van der Waals surface area contributed by atoms with E-state index in [1.807, 2.05) is 24.3 Å². The van der Waals surface area contributed by atoms with Gasteiger partial charge in [0.25, 0.3) is 0 Å². The molecule has 0 spiro atoms. The third kappa shape index (κ3) is 4.42. The Morgan fingerprint density at radius 1 is 1.35 bits per heavy atom. The summed E-state index contributed by atoms with van der Waals surface area (Å²) in [6.07, 6.45) is 5.08. The zero-order valence-electron chi connectivity index (χ0n) is 11.8. The molecule has 5 nitrogen and oxygen atoms in total. The maximum atomic E-state index is 11.6. The minimum Gasteiger partial charge on any atom is -0.490 e. The molecule has 110 valence electrons. The Hall–Kier alpha value is -1.75. The first-order chi connectivity index (χ1) is 9.67. The van der Waals surface area contributed by atoms with Crippen LogP contribution < -0.4 is 15.4 Å². The summed E-state index contributed by atoms with van der Waals surface area (Å²) in [5.41, 5.74) is 0.700. The molecule has 1 saturated carbocycles. The van der Waals surface area contributed by atoms with Crippen LogP contribution in [0.2, 0.25) is 0 Å². The molecule has 1 aliphatic rings. The summed E-state index contributed by atoms with van der Waals surface area (Å²) in [7, 11) is 0. The van der Waals surface area contributed by atoms with E-state index in [1.54, 1.807) is 6.92 Å². The van der Waals surface area contributed by atoms with Gasteiger partial charge in [-0.3, -0.25) is 0 Å². The van der Waals surface area contributed by atoms with E-state index < -0.39 is 0 Å². The average Bonchev–Trinajstić information content (AvgIpc) is 2.93. The van der Waals surface area contributed by atoms with Crippen molar-refractivity contribution < 1.29 is 14.6 Å². The highest BCUT2D eigenvalue weighted by Crippen LogP contribution is 2.24. The Balaban J connectivity index is 1.83. The molecule has 1 atom stereocenters. The maximum Gasteiger partial charge on any atom is 0.319 e. The Bertz CT molecular complexity index is 427. The molecule has 0 bridgehead atoms. The molecular weight excluding hydrogens is 256 g/mol. The zero-order chi connectivity index (χ0) is 14.4. The highest BCUT2D eigenvalue weighted by atomic mass is 16.5. The van der Waals surface area contributed by atoms with Crippen molar-refractivity contribution >= 4 is 11.7 Å². The summed E-state index contributed by atoms with van der Waals surface area (Å²) < 4.78 is 5.86. The molecule has 1 unspecified atom stereocenters. The van der Waals surface area contributed by atoms with E-state index in [0.29, 0.717) is 11.8 Å². The van der Waals surface area contributed by atoms with Crippen molar-refractivity contribution in [2.45, 2.75) is 44.8 Å². The summed E-state index contributed by atoms with van der Waals surface area (Å²) in [5, 5.41) is 14.2. The quantitative estimate of drug-likeness (QED) is 0.775. The van der Waals surface area contributed by atoms with E-state index in [1.165, 1.54) is 12.8 Å². The van der Waals surface area contributed by atoms with Crippen LogP contribution in [0, 0.1) is 0 Å². The summed E-state index contributed by atoms with van der Waals surface area (Å²) in [4.78, 5) is 11.6. The van der Waals surface area contributed by atoms with Gasteiger partial charge in [0, 0.05) is 5.69 Å². The third-order valence-electron chi connectivity index (χ3n) is 3.37. The van der Waals surface area contributed by atoms with Crippen molar-refractivity contribution in [1.29, 1.82) is 0 Å². The molecular formula is C15H22N2O3. The number of hydrogen-bond donors (Lipinski definition) is 3. The maximum absolute atomic E-state index is 11.6. The number of aliphatic hydroxyl groups excluding tert-OH is 1. The fourth-order valence-corrected chi connectivity index (χ4v) is 2.25. The second-order valence-corrected chi connectivity index (χ2v) is 5.23. The van der Waals surface area contributed by atoms with E-state index in [2.05, 4.69) is 10.6 Å². The lowest BCUT2D eigenvalue weighted by Gasteiger charge is -2.14. The number of aliphatic hydroxyl groups is 1. The lowest BCUT2D eigenvalue weighted by atomic mass is 10.2. The molecule has 0 aliphatic heterocycles. The second-order valence-electron chi connectivity index (χ2n) is 5.23. The molecule has 2 rings (SSSR count). The Morgan fingerprint density at radius 3 is 2.60 bits per heavy atom. The van der Waals surface area contributed by atoms with E-state index in [4.69, 9.17) is 9.84 Å². The SMILES string of the molecule is CC(CO)NC(=O)Nc1ccc(OC2CCCC2)cc1. The number of anilines is 1.